The highest BCUT2D eigenvalue weighted by molar-refractivity contribution is 6.04. The minimum absolute atomic E-state index is 0.0737. The molecule has 5 aliphatic carbocycles. The number of carbonyl (C=O) groups excluding carboxylic acids is 2. The Morgan fingerprint density at radius 2 is 1.75 bits per heavy atom. The van der Waals surface area contributed by atoms with E-state index in [4.69, 9.17) is 8.22 Å². The molecule has 5 aliphatic rings. The van der Waals surface area contributed by atoms with Crippen LogP contribution in [0.2, 0.25) is 0 Å². The zero-order valence-electron chi connectivity index (χ0n) is 28.0. The number of carboxylic acid groups (broad SMARTS) is 1. The lowest BCUT2D eigenvalue weighted by molar-refractivity contribution is -0.188. The van der Waals surface area contributed by atoms with Gasteiger partial charge in [-0.2, -0.15) is 5.26 Å². The summed E-state index contributed by atoms with van der Waals surface area (Å²) < 4.78 is 49.9. The van der Waals surface area contributed by atoms with Gasteiger partial charge in [0.05, 0.1) is 11.0 Å². The number of fused-ring (bicyclic) bond motifs is 7. The molecule has 0 bridgehead atoms. The molecule has 0 amide bonds. The Labute approximate surface area is 223 Å². The Bertz CT molecular complexity index is 1370. The SMILES string of the molecule is [2H]C([2H])([2H])C1(C([2H])([2H])[2H])CC[C@]2(C(=O)O)CC[C@]3(C)[C@H](C(=O)C=C4[C@@]5(C)C=C(C#N)C(=O)C(C)(C)[C@@H]5CC[C@]43C)[C@@H]2C1. The van der Waals surface area contributed by atoms with Crippen molar-refractivity contribution in [2.75, 3.05) is 0 Å². The Morgan fingerprint density at radius 3 is 2.36 bits per heavy atom. The molecule has 3 fully saturated rings. The van der Waals surface area contributed by atoms with Crippen LogP contribution in [0.4, 0.5) is 0 Å². The Kier molecular flexibility index (Phi) is 3.79. The molecular weight excluding hydrogens is 450 g/mol. The predicted molar refractivity (Wildman–Crippen MR) is 137 cm³/mol. The molecule has 5 nitrogen and oxygen atoms in total. The first-order valence-corrected chi connectivity index (χ1v) is 13.2. The Morgan fingerprint density at radius 1 is 1.08 bits per heavy atom. The average Bonchev–Trinajstić information content (AvgIpc) is 2.85. The minimum atomic E-state index is -2.87. The zero-order chi connectivity index (χ0) is 31.7. The first kappa shape index (κ1) is 18.9. The van der Waals surface area contributed by atoms with Crippen molar-refractivity contribution in [2.45, 2.75) is 93.3 Å². The second kappa shape index (κ2) is 7.21. The third-order valence-corrected chi connectivity index (χ3v) is 11.8. The van der Waals surface area contributed by atoms with E-state index in [1.54, 1.807) is 12.2 Å². The van der Waals surface area contributed by atoms with Crippen molar-refractivity contribution in [1.82, 2.24) is 0 Å². The number of hydrogen-bond donors (Lipinski definition) is 1. The van der Waals surface area contributed by atoms with E-state index in [0.717, 1.165) is 5.57 Å². The lowest BCUT2D eigenvalue weighted by atomic mass is 9.34. The third-order valence-electron chi connectivity index (χ3n) is 11.8. The van der Waals surface area contributed by atoms with E-state index in [0.29, 0.717) is 19.3 Å². The van der Waals surface area contributed by atoms with Crippen LogP contribution < -0.4 is 0 Å². The van der Waals surface area contributed by atoms with Crippen LogP contribution in [0.1, 0.15) is 101 Å². The number of carbonyl (C=O) groups is 3. The van der Waals surface area contributed by atoms with Crippen molar-refractivity contribution < 1.29 is 27.7 Å². The van der Waals surface area contributed by atoms with Crippen LogP contribution in [-0.4, -0.2) is 22.6 Å². The highest BCUT2D eigenvalue weighted by atomic mass is 16.4. The van der Waals surface area contributed by atoms with Gasteiger partial charge in [0.2, 0.25) is 0 Å². The maximum Gasteiger partial charge on any atom is 0.309 e. The van der Waals surface area contributed by atoms with Crippen molar-refractivity contribution in [3.63, 3.8) is 0 Å². The van der Waals surface area contributed by atoms with E-state index in [2.05, 4.69) is 13.0 Å². The van der Waals surface area contributed by atoms with Gasteiger partial charge in [-0.05, 0) is 79.1 Å². The quantitative estimate of drug-likeness (QED) is 0.459. The maximum absolute atomic E-state index is 14.5. The molecule has 3 saturated carbocycles. The summed E-state index contributed by atoms with van der Waals surface area (Å²) in [5.74, 6) is -3.62. The fourth-order valence-corrected chi connectivity index (χ4v) is 9.66. The minimum Gasteiger partial charge on any atom is -0.481 e. The molecule has 36 heavy (non-hydrogen) atoms. The highest BCUT2D eigenvalue weighted by Crippen LogP contribution is 2.74. The van der Waals surface area contributed by atoms with Gasteiger partial charge in [0.15, 0.2) is 11.6 Å². The van der Waals surface area contributed by atoms with E-state index in [1.165, 1.54) is 0 Å². The standard InChI is InChI=1S/C31H41NO4/c1-26(2)10-12-31(25(35)36)13-11-30(7)23(19(31)16-26)20(33)14-22-28(5)15-18(17-32)24(34)27(3,4)21(28)8-9-29(22,30)6/h14-15,19,21,23H,8-13,16H2,1-7H3,(H,35,36)/t19-,21-,23-,28-,29+,30+,31-/m0/s1/i1D3,2D3. The van der Waals surface area contributed by atoms with Crippen LogP contribution in [0.15, 0.2) is 23.3 Å². The zero-order valence-corrected chi connectivity index (χ0v) is 22.0. The molecule has 0 unspecified atom stereocenters. The largest absolute Gasteiger partial charge is 0.481 e. The molecule has 1 N–H and O–H groups in total. The van der Waals surface area contributed by atoms with Crippen LogP contribution in [0, 0.1) is 61.6 Å². The first-order valence-electron chi connectivity index (χ1n) is 16.2. The van der Waals surface area contributed by atoms with Gasteiger partial charge in [-0.25, -0.2) is 0 Å². The number of nitrogens with zero attached hydrogens (tertiary/aromatic N) is 1. The number of nitriles is 1. The summed E-state index contributed by atoms with van der Waals surface area (Å²) in [6.07, 6.45) is 4.45. The van der Waals surface area contributed by atoms with E-state index < -0.39 is 70.4 Å². The van der Waals surface area contributed by atoms with Gasteiger partial charge >= 0.3 is 5.97 Å². The summed E-state index contributed by atoms with van der Waals surface area (Å²) in [5.41, 5.74) is -5.62. The molecule has 5 rings (SSSR count). The molecule has 0 aromatic rings. The number of hydrogen-bond acceptors (Lipinski definition) is 4. The molecule has 5 heteroatoms. The van der Waals surface area contributed by atoms with E-state index in [9.17, 15) is 24.8 Å². The second-order valence-electron chi connectivity index (χ2n) is 13.6. The lowest BCUT2D eigenvalue weighted by Gasteiger charge is -2.68. The molecule has 194 valence electrons. The van der Waals surface area contributed by atoms with Gasteiger partial charge in [-0.1, -0.05) is 60.0 Å². The van der Waals surface area contributed by atoms with E-state index >= 15 is 0 Å². The average molecular weight is 498 g/mol. The van der Waals surface area contributed by atoms with Gasteiger partial charge < -0.3 is 5.11 Å². The van der Waals surface area contributed by atoms with Crippen LogP contribution >= 0.6 is 0 Å². The summed E-state index contributed by atoms with van der Waals surface area (Å²) in [5, 5.41) is 20.5. The Balaban J connectivity index is 1.73. The first-order chi connectivity index (χ1) is 19.0. The van der Waals surface area contributed by atoms with Gasteiger partial charge in [-0.15, -0.1) is 0 Å². The molecule has 0 saturated heterocycles. The van der Waals surface area contributed by atoms with Crippen LogP contribution in [-0.2, 0) is 14.4 Å². The fraction of sp³-hybridized carbons (Fsp3) is 0.742. The fourth-order valence-electron chi connectivity index (χ4n) is 9.66. The highest BCUT2D eigenvalue weighted by Gasteiger charge is 2.70. The predicted octanol–water partition coefficient (Wildman–Crippen LogP) is 6.29. The van der Waals surface area contributed by atoms with Crippen LogP contribution in [0.3, 0.4) is 0 Å². The van der Waals surface area contributed by atoms with E-state index in [1.807, 2.05) is 27.7 Å². The van der Waals surface area contributed by atoms with E-state index in [-0.39, 0.29) is 42.3 Å². The number of Topliss-reactive ketones (excluding diaryl/α,β-unsaturated/α-hetero) is 1. The topological polar surface area (TPSA) is 95.2 Å². The smallest absolute Gasteiger partial charge is 0.309 e. The second-order valence-corrected chi connectivity index (χ2v) is 13.6. The summed E-state index contributed by atoms with van der Waals surface area (Å²) >= 11 is 0. The summed E-state index contributed by atoms with van der Waals surface area (Å²) in [7, 11) is 0. The summed E-state index contributed by atoms with van der Waals surface area (Å²) in [6.45, 7) is 4.03. The van der Waals surface area contributed by atoms with Gasteiger partial charge in [-0.3, -0.25) is 14.4 Å². The monoisotopic (exact) mass is 497 g/mol. The van der Waals surface area contributed by atoms with Crippen LogP contribution in [0.5, 0.6) is 0 Å². The maximum atomic E-state index is 14.5. The van der Waals surface area contributed by atoms with Crippen molar-refractivity contribution >= 4 is 17.5 Å². The van der Waals surface area contributed by atoms with Crippen molar-refractivity contribution in [3.8, 4) is 6.07 Å². The molecular formula is C31H41NO4. The molecule has 0 radical (unpaired) electrons. The molecule has 0 aliphatic heterocycles. The molecule has 7 atom stereocenters. The molecule has 0 aromatic carbocycles. The lowest BCUT2D eigenvalue weighted by Crippen LogP contribution is -2.65. The number of ketones is 2. The van der Waals surface area contributed by atoms with Gasteiger partial charge in [0.25, 0.3) is 0 Å². The number of carboxylic acids is 1. The number of rotatable bonds is 1. The summed E-state index contributed by atoms with van der Waals surface area (Å²) in [4.78, 5) is 40.7. The van der Waals surface area contributed by atoms with Crippen molar-refractivity contribution in [1.29, 1.82) is 5.26 Å². The number of allylic oxidation sites excluding steroid dienone is 4. The van der Waals surface area contributed by atoms with Crippen molar-refractivity contribution in [3.05, 3.63) is 23.3 Å². The van der Waals surface area contributed by atoms with Crippen molar-refractivity contribution in [2.24, 2.45) is 50.2 Å². The normalized spacial score (nSPS) is 49.8. The summed E-state index contributed by atoms with van der Waals surface area (Å²) in [6, 6.07) is 2.07. The third kappa shape index (κ3) is 2.85. The Hall–Kier alpha value is -2.22. The molecule has 0 aromatic heterocycles. The molecule has 0 spiro atoms. The van der Waals surface area contributed by atoms with Gasteiger partial charge in [0.1, 0.15) is 6.07 Å². The molecule has 0 heterocycles. The van der Waals surface area contributed by atoms with Crippen LogP contribution in [0.25, 0.3) is 0 Å². The van der Waals surface area contributed by atoms with Gasteiger partial charge in [0, 0.05) is 25.0 Å². The number of aliphatic carboxylic acids is 1.